The number of carbonyl (C=O) groups excluding carboxylic acids is 1. The van der Waals surface area contributed by atoms with Gasteiger partial charge in [-0.3, -0.25) is 4.79 Å². The summed E-state index contributed by atoms with van der Waals surface area (Å²) >= 11 is 0. The number of hydrogen-bond acceptors (Lipinski definition) is 4. The average molecular weight is 338 g/mol. The number of sulfonamides is 1. The van der Waals surface area contributed by atoms with Crippen LogP contribution in [0.25, 0.3) is 0 Å². The Kier molecular flexibility index (Phi) is 3.36. The number of nitrogens with two attached hydrogens (primary N) is 1. The third kappa shape index (κ3) is 2.80. The summed E-state index contributed by atoms with van der Waals surface area (Å²) in [7, 11) is -3.91. The van der Waals surface area contributed by atoms with Crippen LogP contribution in [0.1, 0.15) is 49.1 Å². The lowest BCUT2D eigenvalue weighted by Gasteiger charge is -2.56. The Morgan fingerprint density at radius 3 is 2.22 bits per heavy atom. The molecule has 0 radical (unpaired) electrons. The van der Waals surface area contributed by atoms with E-state index in [1.54, 1.807) is 0 Å². The fourth-order valence-electron chi connectivity index (χ4n) is 5.46. The highest BCUT2D eigenvalue weighted by molar-refractivity contribution is 7.89. The number of rotatable bonds is 4. The molecule has 4 bridgehead atoms. The van der Waals surface area contributed by atoms with Gasteiger partial charge in [-0.1, -0.05) is 0 Å². The predicted molar refractivity (Wildman–Crippen MR) is 83.0 cm³/mol. The maximum absolute atomic E-state index is 12.2. The van der Waals surface area contributed by atoms with E-state index in [1.807, 2.05) is 0 Å². The molecule has 1 aromatic rings. The SMILES string of the molecule is NS(=O)(=O)c1ccc(C(=O)NCC23CC4CC(CC(C4)C2)C3)o1. The van der Waals surface area contributed by atoms with E-state index < -0.39 is 10.0 Å². The van der Waals surface area contributed by atoms with Gasteiger partial charge in [0.25, 0.3) is 15.9 Å². The molecule has 0 unspecified atom stereocenters. The molecule has 4 saturated carbocycles. The lowest BCUT2D eigenvalue weighted by Crippen LogP contribution is -2.51. The summed E-state index contributed by atoms with van der Waals surface area (Å²) in [6.07, 6.45) is 7.72. The number of carbonyl (C=O) groups is 1. The van der Waals surface area contributed by atoms with E-state index in [2.05, 4.69) is 5.32 Å². The van der Waals surface area contributed by atoms with Gasteiger partial charge in [0.05, 0.1) is 0 Å². The van der Waals surface area contributed by atoms with Crippen LogP contribution in [-0.4, -0.2) is 20.9 Å². The van der Waals surface area contributed by atoms with Crippen LogP contribution in [0.15, 0.2) is 21.6 Å². The van der Waals surface area contributed by atoms with E-state index in [-0.39, 0.29) is 22.2 Å². The fraction of sp³-hybridized carbons (Fsp3) is 0.688. The first-order valence-corrected chi connectivity index (χ1v) is 9.78. The molecule has 0 aliphatic heterocycles. The maximum atomic E-state index is 12.2. The molecule has 5 rings (SSSR count). The van der Waals surface area contributed by atoms with Crippen molar-refractivity contribution < 1.29 is 17.6 Å². The zero-order valence-electron chi connectivity index (χ0n) is 13.0. The molecule has 4 aliphatic rings. The number of amides is 1. The van der Waals surface area contributed by atoms with E-state index in [4.69, 9.17) is 9.56 Å². The molecule has 0 aromatic carbocycles. The highest BCUT2D eigenvalue weighted by atomic mass is 32.2. The molecule has 4 fully saturated rings. The van der Waals surface area contributed by atoms with Crippen molar-refractivity contribution in [3.8, 4) is 0 Å². The summed E-state index contributed by atoms with van der Waals surface area (Å²) < 4.78 is 27.5. The molecule has 1 heterocycles. The highest BCUT2D eigenvalue weighted by Crippen LogP contribution is 2.59. The van der Waals surface area contributed by atoms with Crippen LogP contribution < -0.4 is 10.5 Å². The summed E-state index contributed by atoms with van der Waals surface area (Å²) in [5, 5.41) is 7.57. The van der Waals surface area contributed by atoms with Crippen LogP contribution in [-0.2, 0) is 10.0 Å². The molecule has 3 N–H and O–H groups in total. The molecule has 0 saturated heterocycles. The van der Waals surface area contributed by atoms with Crippen molar-refractivity contribution >= 4 is 15.9 Å². The van der Waals surface area contributed by atoms with Crippen LogP contribution in [0, 0.1) is 23.2 Å². The minimum Gasteiger partial charge on any atom is -0.438 e. The first-order valence-electron chi connectivity index (χ1n) is 8.24. The second kappa shape index (κ2) is 5.08. The minimum absolute atomic E-state index is 0.00115. The van der Waals surface area contributed by atoms with Crippen LogP contribution >= 0.6 is 0 Å². The van der Waals surface area contributed by atoms with Gasteiger partial charge in [0.2, 0.25) is 5.09 Å². The second-order valence-corrected chi connectivity index (χ2v) is 9.26. The Morgan fingerprint density at radius 2 is 1.74 bits per heavy atom. The van der Waals surface area contributed by atoms with Gasteiger partial charge in [-0.2, -0.15) is 0 Å². The van der Waals surface area contributed by atoms with Crippen molar-refractivity contribution in [1.29, 1.82) is 0 Å². The number of nitrogens with one attached hydrogen (secondary N) is 1. The van der Waals surface area contributed by atoms with Gasteiger partial charge in [-0.15, -0.1) is 0 Å². The van der Waals surface area contributed by atoms with Crippen LogP contribution in [0.4, 0.5) is 0 Å². The third-order valence-electron chi connectivity index (χ3n) is 5.87. The first-order chi connectivity index (χ1) is 10.8. The third-order valence-corrected chi connectivity index (χ3v) is 6.65. The summed E-state index contributed by atoms with van der Waals surface area (Å²) in [4.78, 5) is 12.2. The average Bonchev–Trinajstić information content (AvgIpc) is 2.93. The van der Waals surface area contributed by atoms with Crippen LogP contribution in [0.5, 0.6) is 0 Å². The quantitative estimate of drug-likeness (QED) is 0.875. The van der Waals surface area contributed by atoms with Gasteiger partial charge < -0.3 is 9.73 Å². The van der Waals surface area contributed by atoms with Gasteiger partial charge in [-0.05, 0) is 73.8 Å². The molecule has 126 valence electrons. The summed E-state index contributed by atoms with van der Waals surface area (Å²) in [6.45, 7) is 0.654. The first kappa shape index (κ1) is 15.2. The number of primary sulfonamides is 1. The van der Waals surface area contributed by atoms with Crippen LogP contribution in [0.3, 0.4) is 0 Å². The molecule has 23 heavy (non-hydrogen) atoms. The predicted octanol–water partition coefficient (Wildman–Crippen LogP) is 1.87. The lowest BCUT2D eigenvalue weighted by atomic mass is 9.49. The largest absolute Gasteiger partial charge is 0.438 e. The van der Waals surface area contributed by atoms with Crippen molar-refractivity contribution in [2.75, 3.05) is 6.54 Å². The van der Waals surface area contributed by atoms with E-state index in [1.165, 1.54) is 50.7 Å². The number of furan rings is 1. The van der Waals surface area contributed by atoms with Gasteiger partial charge in [0, 0.05) is 6.54 Å². The highest BCUT2D eigenvalue weighted by Gasteiger charge is 2.50. The minimum atomic E-state index is -3.91. The Morgan fingerprint density at radius 1 is 1.17 bits per heavy atom. The molecule has 0 atom stereocenters. The lowest BCUT2D eigenvalue weighted by molar-refractivity contribution is -0.0504. The van der Waals surface area contributed by atoms with E-state index in [0.29, 0.717) is 6.54 Å². The van der Waals surface area contributed by atoms with E-state index in [0.717, 1.165) is 17.8 Å². The van der Waals surface area contributed by atoms with Gasteiger partial charge in [0.1, 0.15) is 0 Å². The van der Waals surface area contributed by atoms with Gasteiger partial charge >= 0.3 is 0 Å². The fourth-order valence-corrected chi connectivity index (χ4v) is 5.92. The number of hydrogen-bond donors (Lipinski definition) is 2. The second-order valence-electron chi connectivity index (χ2n) is 7.76. The van der Waals surface area contributed by atoms with Crippen molar-refractivity contribution in [1.82, 2.24) is 5.32 Å². The topological polar surface area (TPSA) is 102 Å². The van der Waals surface area contributed by atoms with Crippen molar-refractivity contribution in [2.24, 2.45) is 28.3 Å². The zero-order chi connectivity index (χ0) is 16.2. The van der Waals surface area contributed by atoms with Crippen LogP contribution in [0.2, 0.25) is 0 Å². The Hall–Kier alpha value is -1.34. The van der Waals surface area contributed by atoms with E-state index >= 15 is 0 Å². The van der Waals surface area contributed by atoms with Crippen molar-refractivity contribution in [3.63, 3.8) is 0 Å². The normalized spacial score (nSPS) is 35.4. The Bertz CT molecular complexity index is 702. The Balaban J connectivity index is 1.43. The molecule has 4 aliphatic carbocycles. The van der Waals surface area contributed by atoms with Gasteiger partial charge in [-0.25, -0.2) is 13.6 Å². The molecule has 6 nitrogen and oxygen atoms in total. The monoisotopic (exact) mass is 338 g/mol. The summed E-state index contributed by atoms with van der Waals surface area (Å²) in [6, 6.07) is 2.57. The van der Waals surface area contributed by atoms with Crippen molar-refractivity contribution in [2.45, 2.75) is 43.6 Å². The molecular weight excluding hydrogens is 316 g/mol. The van der Waals surface area contributed by atoms with Gasteiger partial charge in [0.15, 0.2) is 5.76 Å². The van der Waals surface area contributed by atoms with Crippen molar-refractivity contribution in [3.05, 3.63) is 17.9 Å². The molecule has 1 aromatic heterocycles. The zero-order valence-corrected chi connectivity index (χ0v) is 13.8. The summed E-state index contributed by atoms with van der Waals surface area (Å²) in [5.41, 5.74) is 0.236. The molecule has 7 heteroatoms. The standard InChI is InChI=1S/C16H22N2O4S/c17-23(20,21)14-2-1-13(22-14)15(19)18-9-16-6-10-3-11(7-16)5-12(4-10)8-16/h1-2,10-12H,3-9H2,(H,18,19)(H2,17,20,21). The molecule has 1 amide bonds. The maximum Gasteiger partial charge on any atom is 0.287 e. The Labute approximate surface area is 135 Å². The summed E-state index contributed by atoms with van der Waals surface area (Å²) in [5.74, 6) is 2.12. The van der Waals surface area contributed by atoms with E-state index in [9.17, 15) is 13.2 Å². The smallest absolute Gasteiger partial charge is 0.287 e. The molecular formula is C16H22N2O4S. The molecule has 0 spiro atoms.